The van der Waals surface area contributed by atoms with Gasteiger partial charge in [-0.2, -0.15) is 0 Å². The first-order valence-electron chi connectivity index (χ1n) is 8.44. The Morgan fingerprint density at radius 3 is 3.00 bits per heavy atom. The summed E-state index contributed by atoms with van der Waals surface area (Å²) in [6, 6.07) is 2.71. The third-order valence-corrected chi connectivity index (χ3v) is 5.11. The molecule has 2 heterocycles. The molecule has 21 heavy (non-hydrogen) atoms. The summed E-state index contributed by atoms with van der Waals surface area (Å²) in [5.74, 6) is 3.06. The van der Waals surface area contributed by atoms with E-state index in [4.69, 9.17) is 4.42 Å². The molecule has 0 aromatic carbocycles. The Kier molecular flexibility index (Phi) is 4.15. The van der Waals surface area contributed by atoms with Gasteiger partial charge in [0, 0.05) is 24.6 Å². The summed E-state index contributed by atoms with van der Waals surface area (Å²) in [5, 5.41) is 3.85. The van der Waals surface area contributed by atoms with E-state index in [0.29, 0.717) is 11.5 Å². The molecule has 0 bridgehead atoms. The van der Waals surface area contributed by atoms with Crippen LogP contribution in [0.1, 0.15) is 56.2 Å². The Morgan fingerprint density at radius 2 is 2.24 bits per heavy atom. The molecule has 2 aliphatic rings. The lowest BCUT2D eigenvalue weighted by Gasteiger charge is -2.36. The van der Waals surface area contributed by atoms with Gasteiger partial charge in [-0.05, 0) is 63.7 Å². The second kappa shape index (κ2) is 5.77. The lowest BCUT2D eigenvalue weighted by atomic mass is 9.74. The molecule has 0 amide bonds. The van der Waals surface area contributed by atoms with Crippen LogP contribution in [0.15, 0.2) is 10.5 Å². The van der Waals surface area contributed by atoms with Gasteiger partial charge in [-0.3, -0.25) is 0 Å². The van der Waals surface area contributed by atoms with Crippen molar-refractivity contribution in [2.75, 3.05) is 26.7 Å². The number of furan rings is 1. The summed E-state index contributed by atoms with van der Waals surface area (Å²) in [5.41, 5.74) is 1.74. The molecule has 1 saturated heterocycles. The van der Waals surface area contributed by atoms with Crippen LogP contribution in [0, 0.1) is 18.3 Å². The van der Waals surface area contributed by atoms with Gasteiger partial charge in [0.1, 0.15) is 11.5 Å². The molecule has 3 heteroatoms. The average Bonchev–Trinajstić information content (AvgIpc) is 2.75. The number of piperidine rings is 1. The van der Waals surface area contributed by atoms with Crippen LogP contribution in [0.2, 0.25) is 0 Å². The zero-order valence-corrected chi connectivity index (χ0v) is 14.0. The van der Waals surface area contributed by atoms with E-state index in [1.807, 2.05) is 0 Å². The lowest BCUT2D eigenvalue weighted by Crippen LogP contribution is -2.40. The van der Waals surface area contributed by atoms with E-state index in [2.05, 4.69) is 44.1 Å². The van der Waals surface area contributed by atoms with E-state index in [0.717, 1.165) is 24.6 Å². The van der Waals surface area contributed by atoms with Crippen molar-refractivity contribution in [2.45, 2.75) is 52.5 Å². The third-order valence-electron chi connectivity index (χ3n) is 5.11. The quantitative estimate of drug-likeness (QED) is 0.923. The van der Waals surface area contributed by atoms with E-state index in [9.17, 15) is 0 Å². The van der Waals surface area contributed by atoms with Crippen molar-refractivity contribution in [3.8, 4) is 0 Å². The number of hydrogen-bond acceptors (Lipinski definition) is 3. The number of rotatable bonds is 3. The first kappa shape index (κ1) is 15.1. The van der Waals surface area contributed by atoms with Crippen molar-refractivity contribution in [3.63, 3.8) is 0 Å². The lowest BCUT2D eigenvalue weighted by molar-refractivity contribution is 0.188. The molecule has 0 radical (unpaired) electrons. The van der Waals surface area contributed by atoms with Crippen molar-refractivity contribution >= 4 is 0 Å². The standard InChI is InChI=1S/C18H30N2O/c1-13-8-15-16(9-18(2,3)10-17(15)21-13)19-11-14-6-5-7-20(4)12-14/h8,14,16,19H,5-7,9-12H2,1-4H3. The molecule has 1 fully saturated rings. The Hall–Kier alpha value is -0.800. The Morgan fingerprint density at radius 1 is 1.43 bits per heavy atom. The maximum Gasteiger partial charge on any atom is 0.109 e. The maximum atomic E-state index is 5.93. The van der Waals surface area contributed by atoms with Gasteiger partial charge < -0.3 is 14.6 Å². The molecule has 0 saturated carbocycles. The molecule has 3 nitrogen and oxygen atoms in total. The highest BCUT2D eigenvalue weighted by Gasteiger charge is 2.35. The highest BCUT2D eigenvalue weighted by Crippen LogP contribution is 2.42. The molecule has 2 unspecified atom stereocenters. The molecule has 2 atom stereocenters. The molecule has 1 N–H and O–H groups in total. The van der Waals surface area contributed by atoms with Crippen molar-refractivity contribution in [3.05, 3.63) is 23.2 Å². The minimum Gasteiger partial charge on any atom is -0.466 e. The highest BCUT2D eigenvalue weighted by atomic mass is 16.3. The molecule has 1 aliphatic carbocycles. The fraction of sp³-hybridized carbons (Fsp3) is 0.778. The third kappa shape index (κ3) is 3.51. The molecule has 3 rings (SSSR count). The second-order valence-corrected chi connectivity index (χ2v) is 8.01. The number of fused-ring (bicyclic) bond motifs is 1. The zero-order valence-electron chi connectivity index (χ0n) is 14.0. The van der Waals surface area contributed by atoms with Crippen molar-refractivity contribution in [1.29, 1.82) is 0 Å². The van der Waals surface area contributed by atoms with Gasteiger partial charge in [-0.25, -0.2) is 0 Å². The SMILES string of the molecule is Cc1cc2c(o1)CC(C)(C)CC2NCC1CCCN(C)C1. The van der Waals surface area contributed by atoms with Gasteiger partial charge in [0.25, 0.3) is 0 Å². The average molecular weight is 290 g/mol. The van der Waals surface area contributed by atoms with E-state index in [-0.39, 0.29) is 0 Å². The molecule has 1 aromatic heterocycles. The summed E-state index contributed by atoms with van der Waals surface area (Å²) in [7, 11) is 2.24. The van der Waals surface area contributed by atoms with E-state index in [1.165, 1.54) is 43.7 Å². The van der Waals surface area contributed by atoms with Crippen LogP contribution in [-0.2, 0) is 6.42 Å². The van der Waals surface area contributed by atoms with Crippen LogP contribution in [0.25, 0.3) is 0 Å². The van der Waals surface area contributed by atoms with Crippen LogP contribution in [0.4, 0.5) is 0 Å². The van der Waals surface area contributed by atoms with E-state index >= 15 is 0 Å². The van der Waals surface area contributed by atoms with Crippen LogP contribution in [0.3, 0.4) is 0 Å². The van der Waals surface area contributed by atoms with Gasteiger partial charge in [-0.1, -0.05) is 13.8 Å². The first-order chi connectivity index (χ1) is 9.93. The van der Waals surface area contributed by atoms with Crippen molar-refractivity contribution in [2.24, 2.45) is 11.3 Å². The van der Waals surface area contributed by atoms with Crippen molar-refractivity contribution < 1.29 is 4.42 Å². The largest absolute Gasteiger partial charge is 0.466 e. The van der Waals surface area contributed by atoms with Crippen LogP contribution in [0.5, 0.6) is 0 Å². The number of nitrogens with one attached hydrogen (secondary N) is 1. The predicted molar refractivity (Wildman–Crippen MR) is 86.5 cm³/mol. The normalized spacial score (nSPS) is 29.3. The number of aryl methyl sites for hydroxylation is 1. The Labute approximate surface area is 129 Å². The summed E-state index contributed by atoms with van der Waals surface area (Å²) in [4.78, 5) is 2.47. The summed E-state index contributed by atoms with van der Waals surface area (Å²) >= 11 is 0. The van der Waals surface area contributed by atoms with Gasteiger partial charge in [0.15, 0.2) is 0 Å². The number of nitrogens with zero attached hydrogens (tertiary/aromatic N) is 1. The van der Waals surface area contributed by atoms with Gasteiger partial charge >= 0.3 is 0 Å². The maximum absolute atomic E-state index is 5.93. The molecule has 1 aromatic rings. The molecule has 1 aliphatic heterocycles. The molecular formula is C18H30N2O. The first-order valence-corrected chi connectivity index (χ1v) is 8.44. The fourth-order valence-corrected chi connectivity index (χ4v) is 4.12. The second-order valence-electron chi connectivity index (χ2n) is 8.01. The van der Waals surface area contributed by atoms with E-state index in [1.54, 1.807) is 0 Å². The Bertz CT molecular complexity index is 491. The molecular weight excluding hydrogens is 260 g/mol. The zero-order chi connectivity index (χ0) is 15.0. The van der Waals surface area contributed by atoms with Gasteiger partial charge in [-0.15, -0.1) is 0 Å². The number of likely N-dealkylation sites (tertiary alicyclic amines) is 1. The minimum atomic E-state index is 0.332. The summed E-state index contributed by atoms with van der Waals surface area (Å²) in [6.07, 6.45) is 4.99. The van der Waals surface area contributed by atoms with Crippen LogP contribution in [-0.4, -0.2) is 31.6 Å². The predicted octanol–water partition coefficient (Wildman–Crippen LogP) is 3.53. The monoisotopic (exact) mass is 290 g/mol. The van der Waals surface area contributed by atoms with E-state index < -0.39 is 0 Å². The topological polar surface area (TPSA) is 28.4 Å². The summed E-state index contributed by atoms with van der Waals surface area (Å²) < 4.78 is 5.93. The smallest absolute Gasteiger partial charge is 0.109 e. The Balaban J connectivity index is 1.67. The molecule has 0 spiro atoms. The summed E-state index contributed by atoms with van der Waals surface area (Å²) in [6.45, 7) is 10.4. The van der Waals surface area contributed by atoms with Gasteiger partial charge in [0.2, 0.25) is 0 Å². The fourth-order valence-electron chi connectivity index (χ4n) is 4.12. The van der Waals surface area contributed by atoms with Crippen LogP contribution < -0.4 is 5.32 Å². The van der Waals surface area contributed by atoms with Gasteiger partial charge in [0.05, 0.1) is 0 Å². The van der Waals surface area contributed by atoms with Crippen LogP contribution >= 0.6 is 0 Å². The highest BCUT2D eigenvalue weighted by molar-refractivity contribution is 5.29. The number of hydrogen-bond donors (Lipinski definition) is 1. The van der Waals surface area contributed by atoms with Crippen molar-refractivity contribution in [1.82, 2.24) is 10.2 Å². The molecule has 118 valence electrons. The minimum absolute atomic E-state index is 0.332.